The van der Waals surface area contributed by atoms with Gasteiger partial charge in [0.2, 0.25) is 0 Å². The molecule has 5 nitrogen and oxygen atoms in total. The minimum absolute atomic E-state index is 0.115. The first-order valence-corrected chi connectivity index (χ1v) is 9.67. The van der Waals surface area contributed by atoms with E-state index in [1.165, 1.54) is 12.1 Å². The molecule has 26 heavy (non-hydrogen) atoms. The Balaban J connectivity index is 2.01. The van der Waals surface area contributed by atoms with Crippen LogP contribution >= 0.6 is 0 Å². The smallest absolute Gasteiger partial charge is 0.261 e. The molecule has 0 N–H and O–H groups in total. The molecule has 6 heteroatoms. The van der Waals surface area contributed by atoms with Crippen LogP contribution < -0.4 is 5.56 Å². The molecule has 142 valence electrons. The Kier molecular flexibility index (Phi) is 6.04. The Hall–Kier alpha value is -1.79. The van der Waals surface area contributed by atoms with Crippen molar-refractivity contribution >= 4 is 10.9 Å². The van der Waals surface area contributed by atoms with Gasteiger partial charge in [0.05, 0.1) is 16.9 Å². The zero-order valence-corrected chi connectivity index (χ0v) is 16.0. The van der Waals surface area contributed by atoms with Crippen molar-refractivity contribution in [2.24, 2.45) is 7.05 Å². The highest BCUT2D eigenvalue weighted by Gasteiger charge is 2.26. The van der Waals surface area contributed by atoms with E-state index in [0.29, 0.717) is 10.9 Å². The van der Waals surface area contributed by atoms with Gasteiger partial charge in [-0.1, -0.05) is 20.3 Å². The van der Waals surface area contributed by atoms with E-state index in [0.717, 1.165) is 57.8 Å². The quantitative estimate of drug-likeness (QED) is 0.822. The SMILES string of the molecule is CCCC(c1nc2ccc(F)cc2c(=O)n1C)N1CCCN(CC)CC1. The molecule has 0 saturated carbocycles. The average molecular weight is 360 g/mol. The fourth-order valence-electron chi connectivity index (χ4n) is 3.93. The van der Waals surface area contributed by atoms with Crippen LogP contribution in [0.25, 0.3) is 10.9 Å². The van der Waals surface area contributed by atoms with Crippen molar-refractivity contribution in [1.82, 2.24) is 19.4 Å². The van der Waals surface area contributed by atoms with Crippen LogP contribution in [0.2, 0.25) is 0 Å². The predicted octanol–water partition coefficient (Wildman–Crippen LogP) is 2.94. The summed E-state index contributed by atoms with van der Waals surface area (Å²) < 4.78 is 15.2. The maximum absolute atomic E-state index is 13.5. The van der Waals surface area contributed by atoms with Gasteiger partial charge in [-0.3, -0.25) is 14.3 Å². The Morgan fingerprint density at radius 3 is 2.73 bits per heavy atom. The lowest BCUT2D eigenvalue weighted by molar-refractivity contribution is 0.179. The summed E-state index contributed by atoms with van der Waals surface area (Å²) in [6, 6.07) is 4.39. The van der Waals surface area contributed by atoms with Gasteiger partial charge in [0.25, 0.3) is 5.56 Å². The van der Waals surface area contributed by atoms with E-state index in [2.05, 4.69) is 23.6 Å². The Morgan fingerprint density at radius 1 is 1.19 bits per heavy atom. The second-order valence-electron chi connectivity index (χ2n) is 7.12. The minimum Gasteiger partial charge on any atom is -0.302 e. The van der Waals surface area contributed by atoms with Gasteiger partial charge in [-0.15, -0.1) is 0 Å². The molecule has 1 saturated heterocycles. The van der Waals surface area contributed by atoms with Gasteiger partial charge in [0, 0.05) is 26.7 Å². The standard InChI is InChI=1S/C20H29FN4O/c1-4-7-18(25-11-6-10-24(5-2)12-13-25)19-22-17-9-8-15(21)14-16(17)20(26)23(19)3/h8-9,14,18H,4-7,10-13H2,1-3H3. The largest absolute Gasteiger partial charge is 0.302 e. The molecule has 1 atom stereocenters. The van der Waals surface area contributed by atoms with E-state index in [9.17, 15) is 9.18 Å². The van der Waals surface area contributed by atoms with Crippen molar-refractivity contribution < 1.29 is 4.39 Å². The molecule has 0 bridgehead atoms. The molecule has 3 rings (SSSR count). The number of fused-ring (bicyclic) bond motifs is 1. The predicted molar refractivity (Wildman–Crippen MR) is 103 cm³/mol. The van der Waals surface area contributed by atoms with Crippen molar-refractivity contribution in [1.29, 1.82) is 0 Å². The summed E-state index contributed by atoms with van der Waals surface area (Å²) >= 11 is 0. The van der Waals surface area contributed by atoms with Crippen LogP contribution in [0.3, 0.4) is 0 Å². The van der Waals surface area contributed by atoms with Gasteiger partial charge in [-0.25, -0.2) is 9.37 Å². The number of nitrogens with zero attached hydrogens (tertiary/aromatic N) is 4. The van der Waals surface area contributed by atoms with Crippen LogP contribution in [0, 0.1) is 5.82 Å². The molecule has 1 aliphatic heterocycles. The third-order valence-electron chi connectivity index (χ3n) is 5.44. The molecule has 0 spiro atoms. The summed E-state index contributed by atoms with van der Waals surface area (Å²) in [6.45, 7) is 9.60. The van der Waals surface area contributed by atoms with Crippen LogP contribution in [-0.2, 0) is 7.05 Å². The van der Waals surface area contributed by atoms with E-state index in [-0.39, 0.29) is 11.6 Å². The highest BCUT2D eigenvalue weighted by Crippen LogP contribution is 2.26. The molecule has 1 aromatic heterocycles. The molecular formula is C20H29FN4O. The lowest BCUT2D eigenvalue weighted by atomic mass is 10.1. The van der Waals surface area contributed by atoms with Crippen LogP contribution in [0.15, 0.2) is 23.0 Å². The topological polar surface area (TPSA) is 41.4 Å². The van der Waals surface area contributed by atoms with E-state index in [1.54, 1.807) is 17.7 Å². The lowest BCUT2D eigenvalue weighted by Crippen LogP contribution is -2.37. The molecule has 2 aromatic rings. The zero-order valence-electron chi connectivity index (χ0n) is 16.0. The maximum Gasteiger partial charge on any atom is 0.261 e. The van der Waals surface area contributed by atoms with Crippen molar-refractivity contribution in [3.8, 4) is 0 Å². The van der Waals surface area contributed by atoms with Crippen LogP contribution in [0.5, 0.6) is 0 Å². The zero-order chi connectivity index (χ0) is 18.7. The number of hydrogen-bond donors (Lipinski definition) is 0. The number of likely N-dealkylation sites (N-methyl/N-ethyl adjacent to an activating group) is 1. The van der Waals surface area contributed by atoms with Crippen LogP contribution in [0.4, 0.5) is 4.39 Å². The van der Waals surface area contributed by atoms with E-state index in [4.69, 9.17) is 4.98 Å². The number of benzene rings is 1. The Labute approximate surface area is 154 Å². The number of aromatic nitrogens is 2. The molecule has 0 radical (unpaired) electrons. The van der Waals surface area contributed by atoms with Crippen LogP contribution in [-0.4, -0.2) is 52.1 Å². The molecular weight excluding hydrogens is 331 g/mol. The van der Waals surface area contributed by atoms with E-state index >= 15 is 0 Å². The first-order chi connectivity index (χ1) is 12.5. The number of halogens is 1. The van der Waals surface area contributed by atoms with Gasteiger partial charge < -0.3 is 4.90 Å². The fourth-order valence-corrected chi connectivity index (χ4v) is 3.93. The monoisotopic (exact) mass is 360 g/mol. The van der Waals surface area contributed by atoms with Gasteiger partial charge in [0.1, 0.15) is 11.6 Å². The van der Waals surface area contributed by atoms with Crippen molar-refractivity contribution in [2.75, 3.05) is 32.7 Å². The maximum atomic E-state index is 13.5. The lowest BCUT2D eigenvalue weighted by Gasteiger charge is -2.31. The van der Waals surface area contributed by atoms with E-state index < -0.39 is 5.82 Å². The average Bonchev–Trinajstić information content (AvgIpc) is 2.89. The van der Waals surface area contributed by atoms with Gasteiger partial charge in [-0.05, 0) is 44.1 Å². The Morgan fingerprint density at radius 2 is 2.00 bits per heavy atom. The first-order valence-electron chi connectivity index (χ1n) is 9.67. The van der Waals surface area contributed by atoms with E-state index in [1.807, 2.05) is 0 Å². The fraction of sp³-hybridized carbons (Fsp3) is 0.600. The molecule has 0 amide bonds. The minimum atomic E-state index is -0.401. The van der Waals surface area contributed by atoms with Crippen molar-refractivity contribution in [3.63, 3.8) is 0 Å². The molecule has 2 heterocycles. The van der Waals surface area contributed by atoms with Gasteiger partial charge in [-0.2, -0.15) is 0 Å². The second kappa shape index (κ2) is 8.27. The summed E-state index contributed by atoms with van der Waals surface area (Å²) in [5.74, 6) is 0.391. The molecule has 0 aliphatic carbocycles. The summed E-state index contributed by atoms with van der Waals surface area (Å²) in [5, 5.41) is 0.347. The summed E-state index contributed by atoms with van der Waals surface area (Å²) in [7, 11) is 1.76. The van der Waals surface area contributed by atoms with Crippen molar-refractivity contribution in [3.05, 3.63) is 40.2 Å². The summed E-state index contributed by atoms with van der Waals surface area (Å²) in [5.41, 5.74) is 0.409. The van der Waals surface area contributed by atoms with Crippen LogP contribution in [0.1, 0.15) is 45.0 Å². The number of rotatable bonds is 5. The number of hydrogen-bond acceptors (Lipinski definition) is 4. The summed E-state index contributed by atoms with van der Waals surface area (Å²) in [4.78, 5) is 22.5. The third kappa shape index (κ3) is 3.81. The van der Waals surface area contributed by atoms with Gasteiger partial charge in [0.15, 0.2) is 0 Å². The summed E-state index contributed by atoms with van der Waals surface area (Å²) in [6.07, 6.45) is 3.11. The molecule has 1 fully saturated rings. The normalized spacial score (nSPS) is 18.2. The Bertz CT molecular complexity index is 819. The molecule has 1 unspecified atom stereocenters. The highest BCUT2D eigenvalue weighted by molar-refractivity contribution is 5.77. The highest BCUT2D eigenvalue weighted by atomic mass is 19.1. The second-order valence-corrected chi connectivity index (χ2v) is 7.12. The molecule has 1 aliphatic rings. The van der Waals surface area contributed by atoms with Crippen molar-refractivity contribution in [2.45, 2.75) is 39.2 Å². The third-order valence-corrected chi connectivity index (χ3v) is 5.44. The van der Waals surface area contributed by atoms with Gasteiger partial charge >= 0.3 is 0 Å². The first kappa shape index (κ1) is 19.0. The molecule has 1 aromatic carbocycles.